The molecule has 1 saturated heterocycles. The van der Waals surface area contributed by atoms with Crippen LogP contribution in [0.2, 0.25) is 0 Å². The first-order valence-electron chi connectivity index (χ1n) is 8.66. The summed E-state index contributed by atoms with van der Waals surface area (Å²) in [5.74, 6) is 5.71. The molecule has 0 radical (unpaired) electrons. The van der Waals surface area contributed by atoms with E-state index in [-0.39, 0.29) is 12.0 Å². The van der Waals surface area contributed by atoms with Crippen molar-refractivity contribution in [3.05, 3.63) is 35.4 Å². The topological polar surface area (TPSA) is 53.0 Å². The Morgan fingerprint density at radius 2 is 2.04 bits per heavy atom. The summed E-state index contributed by atoms with van der Waals surface area (Å²) in [5.41, 5.74) is 0.413. The molecule has 0 aromatic heterocycles. The van der Waals surface area contributed by atoms with E-state index >= 15 is 0 Å². The fourth-order valence-corrected chi connectivity index (χ4v) is 2.58. The van der Waals surface area contributed by atoms with Gasteiger partial charge in [-0.25, -0.2) is 0 Å². The van der Waals surface area contributed by atoms with Crippen molar-refractivity contribution in [2.75, 3.05) is 40.3 Å². The molecule has 0 spiro atoms. The van der Waals surface area contributed by atoms with Gasteiger partial charge in [0, 0.05) is 30.8 Å². The predicted molar refractivity (Wildman–Crippen MR) is 98.4 cm³/mol. The number of morpholine rings is 1. The largest absolute Gasteiger partial charge is 0.378 e. The molecule has 0 unspecified atom stereocenters. The van der Waals surface area contributed by atoms with Gasteiger partial charge in [-0.15, -0.1) is 0 Å². The molecule has 1 atom stereocenters. The lowest BCUT2D eigenvalue weighted by Gasteiger charge is -2.33. The molecule has 1 N–H and O–H groups in total. The first kappa shape index (κ1) is 19.5. The van der Waals surface area contributed by atoms with Crippen LogP contribution in [0.25, 0.3) is 0 Å². The molecular weight excluding hydrogens is 316 g/mol. The highest BCUT2D eigenvalue weighted by Gasteiger charge is 2.24. The van der Waals surface area contributed by atoms with Crippen LogP contribution in [-0.4, -0.2) is 72.9 Å². The molecule has 1 aliphatic heterocycles. The Labute approximate surface area is 150 Å². The third-order valence-corrected chi connectivity index (χ3v) is 3.97. The quantitative estimate of drug-likeness (QED) is 0.843. The number of benzene rings is 1. The van der Waals surface area contributed by atoms with Crippen LogP contribution < -0.4 is 0 Å². The smallest absolute Gasteiger partial charge is 0.254 e. The molecule has 5 nitrogen and oxygen atoms in total. The molecule has 2 rings (SSSR count). The van der Waals surface area contributed by atoms with Crippen LogP contribution in [0.15, 0.2) is 24.3 Å². The van der Waals surface area contributed by atoms with Crippen LogP contribution in [0.4, 0.5) is 0 Å². The molecule has 1 aromatic rings. The van der Waals surface area contributed by atoms with E-state index < -0.39 is 5.60 Å². The monoisotopic (exact) mass is 344 g/mol. The minimum atomic E-state index is -1.02. The van der Waals surface area contributed by atoms with Gasteiger partial charge < -0.3 is 19.6 Å². The molecule has 5 heteroatoms. The van der Waals surface area contributed by atoms with Crippen LogP contribution in [0, 0.1) is 11.8 Å². The van der Waals surface area contributed by atoms with Crippen molar-refractivity contribution in [2.24, 2.45) is 0 Å². The van der Waals surface area contributed by atoms with Gasteiger partial charge in [-0.05, 0) is 58.6 Å². The number of ether oxygens (including phenoxy) is 1. The molecule has 1 amide bonds. The van der Waals surface area contributed by atoms with E-state index in [0.717, 1.165) is 18.5 Å². The van der Waals surface area contributed by atoms with E-state index in [1.165, 1.54) is 0 Å². The lowest BCUT2D eigenvalue weighted by Crippen LogP contribution is -2.46. The molecule has 0 saturated carbocycles. The molecule has 1 aromatic carbocycles. The van der Waals surface area contributed by atoms with E-state index in [9.17, 15) is 9.90 Å². The fraction of sp³-hybridized carbons (Fsp3) is 0.550. The second kappa shape index (κ2) is 8.48. The molecular formula is C20H28N2O3. The zero-order valence-electron chi connectivity index (χ0n) is 15.6. The number of amides is 1. The van der Waals surface area contributed by atoms with Gasteiger partial charge in [0.1, 0.15) is 5.60 Å². The SMILES string of the molecule is CN(C)CC[C@@H]1CN(C(=O)c2ccc(C#CC(C)(C)O)cc2)CCO1. The molecule has 1 aliphatic rings. The van der Waals surface area contributed by atoms with Gasteiger partial charge in [0.25, 0.3) is 5.91 Å². The molecule has 1 fully saturated rings. The first-order valence-corrected chi connectivity index (χ1v) is 8.66. The number of hydrogen-bond acceptors (Lipinski definition) is 4. The van der Waals surface area contributed by atoms with Crippen molar-refractivity contribution in [1.29, 1.82) is 0 Å². The van der Waals surface area contributed by atoms with Gasteiger partial charge in [0.15, 0.2) is 0 Å². The summed E-state index contributed by atoms with van der Waals surface area (Å²) in [5, 5.41) is 9.65. The van der Waals surface area contributed by atoms with Gasteiger partial charge in [0.2, 0.25) is 0 Å². The Morgan fingerprint density at radius 1 is 1.36 bits per heavy atom. The highest BCUT2D eigenvalue weighted by atomic mass is 16.5. The number of carbonyl (C=O) groups is 1. The minimum Gasteiger partial charge on any atom is -0.378 e. The lowest BCUT2D eigenvalue weighted by molar-refractivity contribution is -0.0269. The summed E-state index contributed by atoms with van der Waals surface area (Å²) in [6, 6.07) is 7.22. The Hall–Kier alpha value is -1.87. The standard InChI is InChI=1S/C20H28N2O3/c1-20(2,24)11-9-16-5-7-17(8-6-16)19(23)22-13-14-25-18(15-22)10-12-21(3)4/h5-8,18,24H,10,12-15H2,1-4H3/t18-/m1/s1. The summed E-state index contributed by atoms with van der Waals surface area (Å²) >= 11 is 0. The Bertz CT molecular complexity index is 636. The number of nitrogens with zero attached hydrogens (tertiary/aromatic N) is 2. The molecule has 136 valence electrons. The van der Waals surface area contributed by atoms with Gasteiger partial charge in [-0.1, -0.05) is 11.8 Å². The second-order valence-electron chi connectivity index (χ2n) is 7.22. The predicted octanol–water partition coefficient (Wildman–Crippen LogP) is 1.60. The summed E-state index contributed by atoms with van der Waals surface area (Å²) in [4.78, 5) is 16.7. The first-order chi connectivity index (χ1) is 11.7. The maximum absolute atomic E-state index is 12.7. The van der Waals surface area contributed by atoms with Gasteiger partial charge in [-0.3, -0.25) is 4.79 Å². The van der Waals surface area contributed by atoms with Crippen molar-refractivity contribution in [2.45, 2.75) is 32.0 Å². The van der Waals surface area contributed by atoms with Crippen molar-refractivity contribution >= 4 is 5.91 Å². The van der Waals surface area contributed by atoms with E-state index in [1.54, 1.807) is 26.0 Å². The third-order valence-electron chi connectivity index (χ3n) is 3.97. The van der Waals surface area contributed by atoms with Crippen molar-refractivity contribution < 1.29 is 14.6 Å². The zero-order valence-corrected chi connectivity index (χ0v) is 15.6. The van der Waals surface area contributed by atoms with Crippen LogP contribution in [0.5, 0.6) is 0 Å². The van der Waals surface area contributed by atoms with E-state index in [0.29, 0.717) is 25.3 Å². The molecule has 1 heterocycles. The van der Waals surface area contributed by atoms with E-state index in [2.05, 4.69) is 16.7 Å². The highest BCUT2D eigenvalue weighted by Crippen LogP contribution is 2.14. The van der Waals surface area contributed by atoms with Gasteiger partial charge in [0.05, 0.1) is 12.7 Å². The lowest BCUT2D eigenvalue weighted by atomic mass is 10.1. The second-order valence-corrected chi connectivity index (χ2v) is 7.22. The Morgan fingerprint density at radius 3 is 2.64 bits per heavy atom. The van der Waals surface area contributed by atoms with E-state index in [4.69, 9.17) is 4.74 Å². The highest BCUT2D eigenvalue weighted by molar-refractivity contribution is 5.94. The maximum atomic E-state index is 12.7. The van der Waals surface area contributed by atoms with E-state index in [1.807, 2.05) is 31.1 Å². The number of aliphatic hydroxyl groups is 1. The fourth-order valence-electron chi connectivity index (χ4n) is 2.58. The van der Waals surface area contributed by atoms with Crippen molar-refractivity contribution in [1.82, 2.24) is 9.80 Å². The van der Waals surface area contributed by atoms with Crippen LogP contribution >= 0.6 is 0 Å². The minimum absolute atomic E-state index is 0.0279. The Kier molecular flexibility index (Phi) is 6.60. The summed E-state index contributed by atoms with van der Waals surface area (Å²) in [6.45, 7) is 6.07. The van der Waals surface area contributed by atoms with Crippen molar-refractivity contribution in [3.63, 3.8) is 0 Å². The zero-order chi connectivity index (χ0) is 18.4. The van der Waals surface area contributed by atoms with Gasteiger partial charge in [-0.2, -0.15) is 0 Å². The molecule has 0 aliphatic carbocycles. The summed E-state index contributed by atoms with van der Waals surface area (Å²) < 4.78 is 5.77. The normalized spacial score (nSPS) is 18.0. The summed E-state index contributed by atoms with van der Waals surface area (Å²) in [7, 11) is 4.07. The summed E-state index contributed by atoms with van der Waals surface area (Å²) in [6.07, 6.45) is 1.01. The maximum Gasteiger partial charge on any atom is 0.254 e. The van der Waals surface area contributed by atoms with Crippen LogP contribution in [0.3, 0.4) is 0 Å². The van der Waals surface area contributed by atoms with Crippen LogP contribution in [-0.2, 0) is 4.74 Å². The average molecular weight is 344 g/mol. The number of carbonyl (C=O) groups excluding carboxylic acids is 1. The van der Waals surface area contributed by atoms with Crippen LogP contribution in [0.1, 0.15) is 36.2 Å². The number of hydrogen-bond donors (Lipinski definition) is 1. The average Bonchev–Trinajstić information content (AvgIpc) is 2.57. The van der Waals surface area contributed by atoms with Crippen molar-refractivity contribution in [3.8, 4) is 11.8 Å². The third kappa shape index (κ3) is 6.50. The van der Waals surface area contributed by atoms with Gasteiger partial charge >= 0.3 is 0 Å². The Balaban J connectivity index is 1.98. The molecule has 25 heavy (non-hydrogen) atoms. The molecule has 0 bridgehead atoms. The number of rotatable bonds is 4.